The van der Waals surface area contributed by atoms with Gasteiger partial charge in [-0.1, -0.05) is 37.6 Å². The van der Waals surface area contributed by atoms with Crippen LogP contribution in [-0.2, 0) is 0 Å². The predicted molar refractivity (Wildman–Crippen MR) is 67.8 cm³/mol. The lowest BCUT2D eigenvalue weighted by Crippen LogP contribution is -2.26. The van der Waals surface area contributed by atoms with Crippen molar-refractivity contribution in [2.75, 3.05) is 6.54 Å². The maximum atomic E-state index is 6.19. The number of nitrogens with one attached hydrogen (secondary N) is 1. The van der Waals surface area contributed by atoms with Crippen molar-refractivity contribution in [1.29, 1.82) is 0 Å². The normalized spacial score (nSPS) is 24.2. The average molecular weight is 242 g/mol. The Hall–Kier alpha value is -0.180. The smallest absolute Gasteiger partial charge is 0.0545 e. The molecule has 0 bridgehead atoms. The molecule has 0 aromatic heterocycles. The minimum atomic E-state index is 0.462. The van der Waals surface area contributed by atoms with Crippen LogP contribution in [0.15, 0.2) is 23.1 Å². The standard InChI is InChI=1S/C12H16ClNS/c1-3-7-14-11-8(2)15-12-9(11)5-4-6-10(12)13/h4-6,8,11,14H,3,7H2,1-2H3. The molecule has 0 spiro atoms. The second kappa shape index (κ2) is 4.77. The van der Waals surface area contributed by atoms with Crippen LogP contribution in [0.25, 0.3) is 0 Å². The third-order valence-electron chi connectivity index (χ3n) is 2.72. The van der Waals surface area contributed by atoms with Gasteiger partial charge in [0.05, 0.1) is 5.02 Å². The number of fused-ring (bicyclic) bond motifs is 1. The van der Waals surface area contributed by atoms with Crippen LogP contribution in [-0.4, -0.2) is 11.8 Å². The number of hydrogen-bond donors (Lipinski definition) is 1. The van der Waals surface area contributed by atoms with E-state index in [9.17, 15) is 0 Å². The molecule has 1 aromatic rings. The molecule has 15 heavy (non-hydrogen) atoms. The quantitative estimate of drug-likeness (QED) is 0.862. The zero-order valence-electron chi connectivity index (χ0n) is 9.09. The molecular formula is C12H16ClNS. The molecule has 0 fully saturated rings. The van der Waals surface area contributed by atoms with Crippen LogP contribution < -0.4 is 5.32 Å². The van der Waals surface area contributed by atoms with Crippen molar-refractivity contribution in [3.8, 4) is 0 Å². The Morgan fingerprint density at radius 2 is 2.27 bits per heavy atom. The van der Waals surface area contributed by atoms with E-state index in [1.807, 2.05) is 23.9 Å². The van der Waals surface area contributed by atoms with Crippen molar-refractivity contribution in [2.45, 2.75) is 36.5 Å². The molecule has 0 aliphatic carbocycles. The van der Waals surface area contributed by atoms with Crippen LogP contribution in [0.2, 0.25) is 5.02 Å². The van der Waals surface area contributed by atoms with E-state index in [1.165, 1.54) is 16.9 Å². The summed E-state index contributed by atoms with van der Waals surface area (Å²) < 4.78 is 0. The van der Waals surface area contributed by atoms with Gasteiger partial charge in [-0.25, -0.2) is 0 Å². The molecule has 2 unspecified atom stereocenters. The van der Waals surface area contributed by atoms with E-state index in [0.717, 1.165) is 11.6 Å². The van der Waals surface area contributed by atoms with Crippen molar-refractivity contribution in [3.63, 3.8) is 0 Å². The van der Waals surface area contributed by atoms with Gasteiger partial charge < -0.3 is 5.32 Å². The van der Waals surface area contributed by atoms with Crippen molar-refractivity contribution < 1.29 is 0 Å². The molecule has 2 atom stereocenters. The number of hydrogen-bond acceptors (Lipinski definition) is 2. The van der Waals surface area contributed by atoms with Crippen LogP contribution in [0.5, 0.6) is 0 Å². The molecule has 0 radical (unpaired) electrons. The zero-order valence-corrected chi connectivity index (χ0v) is 10.7. The Morgan fingerprint density at radius 1 is 1.47 bits per heavy atom. The Kier molecular flexibility index (Phi) is 3.60. The lowest BCUT2D eigenvalue weighted by atomic mass is 10.0. The first-order valence-electron chi connectivity index (χ1n) is 5.42. The van der Waals surface area contributed by atoms with Crippen molar-refractivity contribution in [3.05, 3.63) is 28.8 Å². The second-order valence-corrected chi connectivity index (χ2v) is 5.71. The van der Waals surface area contributed by atoms with Crippen LogP contribution in [0.4, 0.5) is 0 Å². The first-order valence-corrected chi connectivity index (χ1v) is 6.68. The van der Waals surface area contributed by atoms with Crippen molar-refractivity contribution in [2.24, 2.45) is 0 Å². The molecule has 2 rings (SSSR count). The highest BCUT2D eigenvalue weighted by Gasteiger charge is 2.30. The monoisotopic (exact) mass is 241 g/mol. The Morgan fingerprint density at radius 3 is 3.00 bits per heavy atom. The third-order valence-corrected chi connectivity index (χ3v) is 4.48. The highest BCUT2D eigenvalue weighted by atomic mass is 35.5. The predicted octanol–water partition coefficient (Wildman–Crippen LogP) is 3.87. The molecule has 1 N–H and O–H groups in total. The van der Waals surface area contributed by atoms with Gasteiger partial charge in [-0.15, -0.1) is 11.8 Å². The first-order chi connectivity index (χ1) is 7.24. The Labute approximate surface area is 101 Å². The van der Waals surface area contributed by atoms with Crippen LogP contribution in [0, 0.1) is 0 Å². The highest BCUT2D eigenvalue weighted by Crippen LogP contribution is 2.46. The summed E-state index contributed by atoms with van der Waals surface area (Å²) in [5.74, 6) is 0. The highest BCUT2D eigenvalue weighted by molar-refractivity contribution is 8.00. The topological polar surface area (TPSA) is 12.0 Å². The number of halogens is 1. The summed E-state index contributed by atoms with van der Waals surface area (Å²) in [6.45, 7) is 5.52. The van der Waals surface area contributed by atoms with Gasteiger partial charge in [-0.2, -0.15) is 0 Å². The molecule has 1 heterocycles. The molecular weight excluding hydrogens is 226 g/mol. The van der Waals surface area contributed by atoms with Crippen LogP contribution in [0.3, 0.4) is 0 Å². The fourth-order valence-corrected chi connectivity index (χ4v) is 3.56. The average Bonchev–Trinajstić information content (AvgIpc) is 2.54. The van der Waals surface area contributed by atoms with Gasteiger partial charge in [0.25, 0.3) is 0 Å². The van der Waals surface area contributed by atoms with E-state index in [2.05, 4.69) is 25.2 Å². The number of rotatable bonds is 3. The minimum Gasteiger partial charge on any atom is -0.309 e. The molecule has 82 valence electrons. The van der Waals surface area contributed by atoms with Gasteiger partial charge in [0.2, 0.25) is 0 Å². The van der Waals surface area contributed by atoms with E-state index >= 15 is 0 Å². The summed E-state index contributed by atoms with van der Waals surface area (Å²) in [5, 5.41) is 5.05. The summed E-state index contributed by atoms with van der Waals surface area (Å²) in [6.07, 6.45) is 1.17. The van der Waals surface area contributed by atoms with E-state index in [-0.39, 0.29) is 0 Å². The van der Waals surface area contributed by atoms with Crippen LogP contribution in [0.1, 0.15) is 31.9 Å². The van der Waals surface area contributed by atoms with Gasteiger partial charge in [0.1, 0.15) is 0 Å². The summed E-state index contributed by atoms with van der Waals surface area (Å²) >= 11 is 8.07. The Balaban J connectivity index is 2.25. The van der Waals surface area contributed by atoms with E-state index in [0.29, 0.717) is 11.3 Å². The van der Waals surface area contributed by atoms with Crippen LogP contribution >= 0.6 is 23.4 Å². The van der Waals surface area contributed by atoms with E-state index in [1.54, 1.807) is 0 Å². The summed E-state index contributed by atoms with van der Waals surface area (Å²) in [4.78, 5) is 1.26. The summed E-state index contributed by atoms with van der Waals surface area (Å²) in [6, 6.07) is 6.66. The number of thioether (sulfide) groups is 1. The third kappa shape index (κ3) is 2.17. The SMILES string of the molecule is CCCNC1c2cccc(Cl)c2SC1C. The van der Waals surface area contributed by atoms with Crippen molar-refractivity contribution >= 4 is 23.4 Å². The molecule has 1 aromatic carbocycles. The van der Waals surface area contributed by atoms with Gasteiger partial charge >= 0.3 is 0 Å². The van der Waals surface area contributed by atoms with Gasteiger partial charge in [0, 0.05) is 16.2 Å². The zero-order chi connectivity index (χ0) is 10.8. The van der Waals surface area contributed by atoms with Gasteiger partial charge in [-0.3, -0.25) is 0 Å². The number of benzene rings is 1. The molecule has 1 aliphatic rings. The fourth-order valence-electron chi connectivity index (χ4n) is 1.98. The molecule has 3 heteroatoms. The summed E-state index contributed by atoms with van der Waals surface area (Å²) in [5.41, 5.74) is 1.37. The molecule has 1 aliphatic heterocycles. The van der Waals surface area contributed by atoms with E-state index in [4.69, 9.17) is 11.6 Å². The van der Waals surface area contributed by atoms with Gasteiger partial charge in [-0.05, 0) is 24.6 Å². The lowest BCUT2D eigenvalue weighted by Gasteiger charge is -2.17. The van der Waals surface area contributed by atoms with E-state index < -0.39 is 0 Å². The first kappa shape index (κ1) is 11.3. The molecule has 0 saturated carbocycles. The largest absolute Gasteiger partial charge is 0.309 e. The minimum absolute atomic E-state index is 0.462. The maximum absolute atomic E-state index is 6.19. The Bertz CT molecular complexity index is 353. The molecule has 0 saturated heterocycles. The maximum Gasteiger partial charge on any atom is 0.0545 e. The fraction of sp³-hybridized carbons (Fsp3) is 0.500. The molecule has 1 nitrogen and oxygen atoms in total. The second-order valence-electron chi connectivity index (χ2n) is 3.91. The summed E-state index contributed by atoms with van der Waals surface area (Å²) in [7, 11) is 0. The molecule has 0 amide bonds. The van der Waals surface area contributed by atoms with Crippen molar-refractivity contribution in [1.82, 2.24) is 5.32 Å². The van der Waals surface area contributed by atoms with Gasteiger partial charge in [0.15, 0.2) is 0 Å². The lowest BCUT2D eigenvalue weighted by molar-refractivity contribution is 0.532.